The number of hydrogen-bond donors (Lipinski definition) is 2. The molecule has 0 aliphatic carbocycles. The van der Waals surface area contributed by atoms with Crippen LogP contribution in [0.2, 0.25) is 0 Å². The second-order valence-corrected chi connectivity index (χ2v) is 4.84. The number of carbonyl (C=O) groups is 3. The standard InChI is InChI=1S/C15H19N3O4/c1-2-13(19)16-11-3-5-12(6-4-11)17-14(20)15(21)18-7-9-22-10-8-18/h3-6H,2,7-10H2,1H3,(H,16,19)(H,17,20). The number of nitrogens with zero attached hydrogens (tertiary/aromatic N) is 1. The molecular weight excluding hydrogens is 286 g/mol. The van der Waals surface area contributed by atoms with E-state index < -0.39 is 11.8 Å². The quantitative estimate of drug-likeness (QED) is 0.810. The summed E-state index contributed by atoms with van der Waals surface area (Å²) in [4.78, 5) is 36.6. The van der Waals surface area contributed by atoms with Crippen molar-refractivity contribution >= 4 is 29.1 Å². The van der Waals surface area contributed by atoms with Gasteiger partial charge in [-0.3, -0.25) is 14.4 Å². The molecule has 0 bridgehead atoms. The molecule has 3 amide bonds. The van der Waals surface area contributed by atoms with Gasteiger partial charge in [0, 0.05) is 30.9 Å². The van der Waals surface area contributed by atoms with Crippen molar-refractivity contribution in [2.24, 2.45) is 0 Å². The van der Waals surface area contributed by atoms with Crippen molar-refractivity contribution < 1.29 is 19.1 Å². The molecule has 118 valence electrons. The maximum Gasteiger partial charge on any atom is 0.313 e. The van der Waals surface area contributed by atoms with Gasteiger partial charge in [-0.2, -0.15) is 0 Å². The van der Waals surface area contributed by atoms with E-state index >= 15 is 0 Å². The normalized spacial score (nSPS) is 14.3. The van der Waals surface area contributed by atoms with Crippen molar-refractivity contribution in [2.75, 3.05) is 36.9 Å². The number of benzene rings is 1. The van der Waals surface area contributed by atoms with Crippen LogP contribution in [0.5, 0.6) is 0 Å². The van der Waals surface area contributed by atoms with Crippen LogP contribution in [0.3, 0.4) is 0 Å². The summed E-state index contributed by atoms with van der Waals surface area (Å²) in [5.74, 6) is -1.32. The van der Waals surface area contributed by atoms with Crippen LogP contribution in [-0.4, -0.2) is 48.9 Å². The number of hydrogen-bond acceptors (Lipinski definition) is 4. The zero-order valence-electron chi connectivity index (χ0n) is 12.4. The van der Waals surface area contributed by atoms with Gasteiger partial charge in [0.15, 0.2) is 0 Å². The predicted molar refractivity (Wildman–Crippen MR) is 81.4 cm³/mol. The maximum atomic E-state index is 12.0. The Morgan fingerprint density at radius 1 is 1.05 bits per heavy atom. The molecule has 1 saturated heterocycles. The van der Waals surface area contributed by atoms with Crippen molar-refractivity contribution in [3.05, 3.63) is 24.3 Å². The molecule has 1 fully saturated rings. The van der Waals surface area contributed by atoms with E-state index in [-0.39, 0.29) is 5.91 Å². The van der Waals surface area contributed by atoms with Crippen LogP contribution in [0.1, 0.15) is 13.3 Å². The molecule has 0 radical (unpaired) electrons. The highest BCUT2D eigenvalue weighted by molar-refractivity contribution is 6.39. The fourth-order valence-electron chi connectivity index (χ4n) is 1.98. The van der Waals surface area contributed by atoms with Gasteiger partial charge >= 0.3 is 11.8 Å². The minimum absolute atomic E-state index is 0.0840. The van der Waals surface area contributed by atoms with Gasteiger partial charge < -0.3 is 20.3 Å². The van der Waals surface area contributed by atoms with Crippen LogP contribution in [0.4, 0.5) is 11.4 Å². The van der Waals surface area contributed by atoms with Crippen LogP contribution in [0.15, 0.2) is 24.3 Å². The number of nitrogens with one attached hydrogen (secondary N) is 2. The molecule has 1 aliphatic heterocycles. The van der Waals surface area contributed by atoms with Crippen molar-refractivity contribution in [3.63, 3.8) is 0 Å². The number of carbonyl (C=O) groups excluding carboxylic acids is 3. The SMILES string of the molecule is CCC(=O)Nc1ccc(NC(=O)C(=O)N2CCOCC2)cc1. The summed E-state index contributed by atoms with van der Waals surface area (Å²) in [6.45, 7) is 3.51. The van der Waals surface area contributed by atoms with Gasteiger partial charge in [-0.05, 0) is 24.3 Å². The average molecular weight is 305 g/mol. The molecule has 1 aromatic rings. The molecule has 7 nitrogen and oxygen atoms in total. The van der Waals surface area contributed by atoms with E-state index in [4.69, 9.17) is 4.74 Å². The molecule has 7 heteroatoms. The highest BCUT2D eigenvalue weighted by Crippen LogP contribution is 2.14. The summed E-state index contributed by atoms with van der Waals surface area (Å²) in [6, 6.07) is 6.61. The molecular formula is C15H19N3O4. The van der Waals surface area contributed by atoms with Gasteiger partial charge in [0.25, 0.3) is 0 Å². The summed E-state index contributed by atoms with van der Waals surface area (Å²) < 4.78 is 5.14. The van der Waals surface area contributed by atoms with Crippen molar-refractivity contribution in [2.45, 2.75) is 13.3 Å². The van der Waals surface area contributed by atoms with Gasteiger partial charge in [-0.25, -0.2) is 0 Å². The van der Waals surface area contributed by atoms with Gasteiger partial charge in [0.2, 0.25) is 5.91 Å². The topological polar surface area (TPSA) is 87.7 Å². The predicted octanol–water partition coefficient (Wildman–Crippen LogP) is 0.832. The summed E-state index contributed by atoms with van der Waals surface area (Å²) in [5, 5.41) is 5.26. The Morgan fingerprint density at radius 3 is 2.14 bits per heavy atom. The Kier molecular flexibility index (Phi) is 5.48. The second-order valence-electron chi connectivity index (χ2n) is 4.84. The van der Waals surface area contributed by atoms with Crippen LogP contribution >= 0.6 is 0 Å². The summed E-state index contributed by atoms with van der Waals surface area (Å²) >= 11 is 0. The van der Waals surface area contributed by atoms with Gasteiger partial charge in [0.1, 0.15) is 0 Å². The van der Waals surface area contributed by atoms with Gasteiger partial charge in [0.05, 0.1) is 13.2 Å². The summed E-state index contributed by atoms with van der Waals surface area (Å²) in [5.41, 5.74) is 1.14. The molecule has 0 saturated carbocycles. The van der Waals surface area contributed by atoms with Gasteiger partial charge in [-0.1, -0.05) is 6.92 Å². The first kappa shape index (κ1) is 16.0. The largest absolute Gasteiger partial charge is 0.378 e. The van der Waals surface area contributed by atoms with E-state index in [0.717, 1.165) is 0 Å². The number of anilines is 2. The molecule has 1 aliphatic rings. The smallest absolute Gasteiger partial charge is 0.313 e. The average Bonchev–Trinajstić information content (AvgIpc) is 2.56. The number of ether oxygens (including phenoxy) is 1. The lowest BCUT2D eigenvalue weighted by molar-refractivity contribution is -0.145. The van der Waals surface area contributed by atoms with E-state index in [0.29, 0.717) is 44.1 Å². The van der Waals surface area contributed by atoms with Crippen molar-refractivity contribution in [3.8, 4) is 0 Å². The lowest BCUT2D eigenvalue weighted by Gasteiger charge is -2.26. The van der Waals surface area contributed by atoms with E-state index in [1.54, 1.807) is 31.2 Å². The summed E-state index contributed by atoms with van der Waals surface area (Å²) in [6.07, 6.45) is 0.395. The highest BCUT2D eigenvalue weighted by Gasteiger charge is 2.23. The van der Waals surface area contributed by atoms with E-state index in [2.05, 4.69) is 10.6 Å². The number of rotatable bonds is 3. The molecule has 2 N–H and O–H groups in total. The van der Waals surface area contributed by atoms with Crippen molar-refractivity contribution in [1.29, 1.82) is 0 Å². The lowest BCUT2D eigenvalue weighted by atomic mass is 10.2. The third kappa shape index (κ3) is 4.29. The molecule has 1 heterocycles. The first-order valence-electron chi connectivity index (χ1n) is 7.18. The first-order valence-corrected chi connectivity index (χ1v) is 7.18. The van der Waals surface area contributed by atoms with Gasteiger partial charge in [-0.15, -0.1) is 0 Å². The van der Waals surface area contributed by atoms with Crippen LogP contribution < -0.4 is 10.6 Å². The van der Waals surface area contributed by atoms with E-state index in [9.17, 15) is 14.4 Å². The monoisotopic (exact) mass is 305 g/mol. The van der Waals surface area contributed by atoms with Crippen LogP contribution in [0.25, 0.3) is 0 Å². The zero-order chi connectivity index (χ0) is 15.9. The Bertz CT molecular complexity index is 550. The number of amides is 3. The third-order valence-corrected chi connectivity index (χ3v) is 3.24. The molecule has 2 rings (SSSR count). The number of morpholine rings is 1. The first-order chi connectivity index (χ1) is 10.6. The van der Waals surface area contributed by atoms with Crippen molar-refractivity contribution in [1.82, 2.24) is 4.90 Å². The fraction of sp³-hybridized carbons (Fsp3) is 0.400. The molecule has 0 atom stereocenters. The Hall–Kier alpha value is -2.41. The second kappa shape index (κ2) is 7.56. The summed E-state index contributed by atoms with van der Waals surface area (Å²) in [7, 11) is 0. The zero-order valence-corrected chi connectivity index (χ0v) is 12.4. The maximum absolute atomic E-state index is 12.0. The van der Waals surface area contributed by atoms with E-state index in [1.807, 2.05) is 0 Å². The Morgan fingerprint density at radius 2 is 1.59 bits per heavy atom. The highest BCUT2D eigenvalue weighted by atomic mass is 16.5. The van der Waals surface area contributed by atoms with E-state index in [1.165, 1.54) is 4.90 Å². The fourth-order valence-corrected chi connectivity index (χ4v) is 1.98. The lowest BCUT2D eigenvalue weighted by Crippen LogP contribution is -2.45. The molecule has 0 spiro atoms. The Labute approximate surface area is 128 Å². The minimum atomic E-state index is -0.674. The Balaban J connectivity index is 1.90. The minimum Gasteiger partial charge on any atom is -0.378 e. The molecule has 22 heavy (non-hydrogen) atoms. The third-order valence-electron chi connectivity index (χ3n) is 3.24. The van der Waals surface area contributed by atoms with Crippen LogP contribution in [0, 0.1) is 0 Å². The molecule has 1 aromatic carbocycles. The van der Waals surface area contributed by atoms with Crippen LogP contribution in [-0.2, 0) is 19.1 Å². The molecule has 0 aromatic heterocycles. The molecule has 0 unspecified atom stereocenters.